The van der Waals surface area contributed by atoms with Gasteiger partial charge in [0.05, 0.1) is 16.5 Å². The van der Waals surface area contributed by atoms with Gasteiger partial charge in [-0.15, -0.1) is 11.3 Å². The summed E-state index contributed by atoms with van der Waals surface area (Å²) in [7, 11) is 0. The lowest BCUT2D eigenvalue weighted by atomic mass is 9.35. The van der Waals surface area contributed by atoms with Crippen molar-refractivity contribution in [2.75, 3.05) is 9.80 Å². The highest BCUT2D eigenvalue weighted by atomic mass is 32.1. The fraction of sp³-hybridized carbons (Fsp3) is 0.169. The summed E-state index contributed by atoms with van der Waals surface area (Å²) in [6.45, 7) is 18.5. The van der Waals surface area contributed by atoms with Crippen molar-refractivity contribution in [3.63, 3.8) is 0 Å². The molecule has 0 saturated carbocycles. The Labute approximate surface area is 481 Å². The van der Waals surface area contributed by atoms with Gasteiger partial charge in [0.25, 0.3) is 6.71 Å². The van der Waals surface area contributed by atoms with E-state index in [2.05, 4.69) is 289 Å². The highest BCUT2D eigenvalue weighted by molar-refractivity contribution is 7.30. The van der Waals surface area contributed by atoms with Crippen molar-refractivity contribution in [1.29, 1.82) is 0 Å². The molecule has 0 atom stereocenters. The van der Waals surface area contributed by atoms with Crippen LogP contribution in [0.1, 0.15) is 126 Å². The average molecular weight is 1060 g/mol. The van der Waals surface area contributed by atoms with Crippen molar-refractivity contribution < 1.29 is 0 Å². The van der Waals surface area contributed by atoms with E-state index in [0.29, 0.717) is 11.8 Å². The van der Waals surface area contributed by atoms with Gasteiger partial charge in [0.1, 0.15) is 0 Å². The van der Waals surface area contributed by atoms with E-state index in [1.165, 1.54) is 160 Å². The van der Waals surface area contributed by atoms with Gasteiger partial charge in [-0.25, -0.2) is 0 Å². The van der Waals surface area contributed by atoms with Crippen LogP contribution >= 0.6 is 11.3 Å². The quantitative estimate of drug-likeness (QED) is 0.162. The number of benzene rings is 10. The fourth-order valence-electron chi connectivity index (χ4n) is 16.1. The molecular weight excluding hydrogens is 996 g/mol. The summed E-state index contributed by atoms with van der Waals surface area (Å²) in [6.07, 6.45) is 0. The van der Waals surface area contributed by atoms with Gasteiger partial charge < -0.3 is 9.80 Å². The lowest BCUT2D eigenvalue weighted by Gasteiger charge is -2.44. The first-order valence-electron chi connectivity index (χ1n) is 29.3. The standard InChI is InChI=1S/C77H61BN2S/c1-44(2)47-29-34-51(35-30-47)80-69-40-46(5)39-68-71(69)78(74-72(80)70-57-38-31-48(45(3)4)41-64(57)77(73(70)81-74)62-27-17-11-21-54(62)55-22-12-18-28-63(55)77)66-43-65-58(42-67(66)79(68)50-36-32-49(33-37-50)75(6,7)8)56-23-13-16-26-61(56)76(65)59-24-14-9-19-52(59)53-20-10-15-25-60(53)76/h9-45H,1-8H3. The molecule has 4 aliphatic carbocycles. The predicted molar refractivity (Wildman–Crippen MR) is 343 cm³/mol. The van der Waals surface area contributed by atoms with E-state index < -0.39 is 10.8 Å². The monoisotopic (exact) mass is 1060 g/mol. The molecule has 10 aromatic carbocycles. The molecule has 0 amide bonds. The molecule has 0 N–H and O–H groups in total. The summed E-state index contributed by atoms with van der Waals surface area (Å²) >= 11 is 2.09. The number of thiophene rings is 1. The van der Waals surface area contributed by atoms with Crippen LogP contribution in [0.25, 0.3) is 44.5 Å². The second kappa shape index (κ2) is 16.4. The van der Waals surface area contributed by atoms with Crippen molar-refractivity contribution in [3.05, 3.63) is 278 Å². The minimum absolute atomic E-state index is 0.00686. The first-order valence-corrected chi connectivity index (χ1v) is 30.1. The first kappa shape index (κ1) is 47.4. The van der Waals surface area contributed by atoms with E-state index >= 15 is 0 Å². The van der Waals surface area contributed by atoms with Crippen LogP contribution in [-0.2, 0) is 16.2 Å². The molecule has 6 aliphatic rings. The largest absolute Gasteiger partial charge is 0.311 e. The Morgan fingerprint density at radius 3 is 1.41 bits per heavy atom. The zero-order valence-electron chi connectivity index (χ0n) is 47.2. The maximum Gasteiger partial charge on any atom is 0.264 e. The minimum atomic E-state index is -0.512. The molecule has 11 aromatic rings. The molecule has 2 aliphatic heterocycles. The molecule has 2 spiro atoms. The molecule has 0 fully saturated rings. The fourth-order valence-corrected chi connectivity index (χ4v) is 17.7. The van der Waals surface area contributed by atoms with E-state index in [1.807, 2.05) is 0 Å². The zero-order chi connectivity index (χ0) is 54.6. The molecule has 2 nitrogen and oxygen atoms in total. The van der Waals surface area contributed by atoms with Crippen LogP contribution in [0, 0.1) is 6.92 Å². The highest BCUT2D eigenvalue weighted by Gasteiger charge is 2.58. The number of hydrogen-bond acceptors (Lipinski definition) is 3. The average Bonchev–Trinajstić information content (AvgIpc) is 4.29. The summed E-state index contributed by atoms with van der Waals surface area (Å²) in [6, 6.07) is 83.6. The van der Waals surface area contributed by atoms with E-state index in [1.54, 1.807) is 0 Å². The van der Waals surface area contributed by atoms with E-state index in [4.69, 9.17) is 0 Å². The Morgan fingerprint density at radius 2 is 0.877 bits per heavy atom. The summed E-state index contributed by atoms with van der Waals surface area (Å²) in [4.78, 5) is 6.79. The summed E-state index contributed by atoms with van der Waals surface area (Å²) in [5.74, 6) is 0.781. The summed E-state index contributed by atoms with van der Waals surface area (Å²) in [5.41, 5.74) is 34.8. The van der Waals surface area contributed by atoms with E-state index in [9.17, 15) is 0 Å². The lowest BCUT2D eigenvalue weighted by molar-refractivity contribution is 0.590. The zero-order valence-corrected chi connectivity index (χ0v) is 48.1. The summed E-state index contributed by atoms with van der Waals surface area (Å²) < 4.78 is 1.41. The Bertz CT molecular complexity index is 4450. The number of aryl methyl sites for hydroxylation is 1. The van der Waals surface area contributed by atoms with E-state index in [0.717, 1.165) is 0 Å². The summed E-state index contributed by atoms with van der Waals surface area (Å²) in [5, 5.41) is 0. The van der Waals surface area contributed by atoms with Gasteiger partial charge in [-0.2, -0.15) is 0 Å². The normalized spacial score (nSPS) is 15.3. The molecule has 17 rings (SSSR count). The molecule has 81 heavy (non-hydrogen) atoms. The van der Waals surface area contributed by atoms with E-state index in [-0.39, 0.29) is 12.1 Å². The number of rotatable bonds is 4. The highest BCUT2D eigenvalue weighted by Crippen LogP contribution is 2.68. The number of nitrogens with zero attached hydrogens (tertiary/aromatic N) is 2. The third-order valence-corrected chi connectivity index (χ3v) is 21.0. The van der Waals surface area contributed by atoms with Crippen molar-refractivity contribution in [3.8, 4) is 44.5 Å². The lowest BCUT2D eigenvalue weighted by Crippen LogP contribution is -2.60. The molecule has 1 aromatic heterocycles. The third kappa shape index (κ3) is 5.93. The second-order valence-corrected chi connectivity index (χ2v) is 26.6. The molecule has 0 radical (unpaired) electrons. The van der Waals surface area contributed by atoms with Crippen LogP contribution in [0.4, 0.5) is 34.1 Å². The molecule has 0 saturated heterocycles. The van der Waals surface area contributed by atoms with Gasteiger partial charge in [-0.1, -0.05) is 218 Å². The molecule has 4 heteroatoms. The van der Waals surface area contributed by atoms with Gasteiger partial charge in [-0.05, 0) is 178 Å². The van der Waals surface area contributed by atoms with Crippen molar-refractivity contribution >= 4 is 67.9 Å². The van der Waals surface area contributed by atoms with Crippen LogP contribution in [0.15, 0.2) is 212 Å². The van der Waals surface area contributed by atoms with Crippen LogP contribution in [0.3, 0.4) is 0 Å². The van der Waals surface area contributed by atoms with Crippen molar-refractivity contribution in [2.45, 2.75) is 83.5 Å². The van der Waals surface area contributed by atoms with Gasteiger partial charge in [0, 0.05) is 43.7 Å². The Hall–Kier alpha value is -8.44. The van der Waals surface area contributed by atoms with Crippen LogP contribution in [-0.4, -0.2) is 6.71 Å². The molecule has 0 bridgehead atoms. The molecular formula is C77H61BN2S. The third-order valence-electron chi connectivity index (χ3n) is 19.6. The maximum absolute atomic E-state index is 2.72. The Balaban J connectivity index is 1.03. The maximum atomic E-state index is 2.72. The van der Waals surface area contributed by atoms with Crippen LogP contribution in [0.2, 0.25) is 0 Å². The van der Waals surface area contributed by atoms with Crippen molar-refractivity contribution in [1.82, 2.24) is 0 Å². The van der Waals surface area contributed by atoms with Gasteiger partial charge in [-0.3, -0.25) is 0 Å². The Morgan fingerprint density at radius 1 is 0.420 bits per heavy atom. The SMILES string of the molecule is Cc1cc2c3c(c1)N(c1ccc(C(C)C)cc1)c1c(sc4c1-c1ccc(C(C)C)cc1C41c4ccccc4-c4ccccc41)B3c1cc3c(cc1N2c1ccc(C(C)(C)C)cc1)-c1ccccc1C31c2ccccc2-c2ccccc21. The van der Waals surface area contributed by atoms with Crippen molar-refractivity contribution in [2.24, 2.45) is 0 Å². The van der Waals surface area contributed by atoms with Gasteiger partial charge >= 0.3 is 0 Å². The number of anilines is 6. The number of fused-ring (bicyclic) bond motifs is 25. The Kier molecular flexibility index (Phi) is 9.57. The van der Waals surface area contributed by atoms with Gasteiger partial charge in [0.15, 0.2) is 0 Å². The van der Waals surface area contributed by atoms with Crippen LogP contribution < -0.4 is 25.5 Å². The predicted octanol–water partition coefficient (Wildman–Crippen LogP) is 18.4. The molecule has 0 unspecified atom stereocenters. The minimum Gasteiger partial charge on any atom is -0.311 e. The van der Waals surface area contributed by atoms with Gasteiger partial charge in [0.2, 0.25) is 0 Å². The number of hydrogen-bond donors (Lipinski definition) is 0. The molecule has 388 valence electrons. The smallest absolute Gasteiger partial charge is 0.264 e. The topological polar surface area (TPSA) is 6.48 Å². The molecule has 3 heterocycles. The first-order chi connectivity index (χ1) is 39.4. The second-order valence-electron chi connectivity index (χ2n) is 25.5. The van der Waals surface area contributed by atoms with Crippen LogP contribution in [0.5, 0.6) is 0 Å².